The van der Waals surface area contributed by atoms with Crippen LogP contribution in [0.5, 0.6) is 0 Å². The third kappa shape index (κ3) is 6.70. The second kappa shape index (κ2) is 8.63. The number of nitro groups is 1. The van der Waals surface area contributed by atoms with Gasteiger partial charge in [-0.25, -0.2) is 0 Å². The smallest absolute Gasteiger partial charge is 0.343 e. The largest absolute Gasteiger partial charge is 0.405 e. The molecule has 2 rings (SSSR count). The molecule has 0 unspecified atom stereocenters. The van der Waals surface area contributed by atoms with E-state index in [0.717, 1.165) is 11.1 Å². The van der Waals surface area contributed by atoms with Crippen LogP contribution in [0, 0.1) is 10.1 Å². The molecule has 1 amide bonds. The highest BCUT2D eigenvalue weighted by Crippen LogP contribution is 2.15. The summed E-state index contributed by atoms with van der Waals surface area (Å²) < 4.78 is 36.4. The topological polar surface area (TPSA) is 75.5 Å². The fourth-order valence-corrected chi connectivity index (χ4v) is 2.45. The van der Waals surface area contributed by atoms with Crippen molar-refractivity contribution in [3.63, 3.8) is 0 Å². The lowest BCUT2D eigenvalue weighted by Crippen LogP contribution is -2.33. The van der Waals surface area contributed by atoms with Crippen LogP contribution < -0.4 is 5.32 Å². The van der Waals surface area contributed by atoms with Gasteiger partial charge >= 0.3 is 6.18 Å². The number of nitro benzene ring substituents is 1. The summed E-state index contributed by atoms with van der Waals surface area (Å²) in [6, 6.07) is 12.5. The van der Waals surface area contributed by atoms with E-state index in [9.17, 15) is 28.1 Å². The molecule has 0 aliphatic rings. The van der Waals surface area contributed by atoms with Gasteiger partial charge in [-0.15, -0.1) is 0 Å². The summed E-state index contributed by atoms with van der Waals surface area (Å²) in [7, 11) is 1.87. The van der Waals surface area contributed by atoms with Gasteiger partial charge in [-0.2, -0.15) is 13.2 Å². The minimum absolute atomic E-state index is 0.0285. The summed E-state index contributed by atoms with van der Waals surface area (Å²) in [6.45, 7) is -0.265. The molecule has 9 heteroatoms. The predicted octanol–water partition coefficient (Wildman–Crippen LogP) is 3.52. The number of hydrogen-bond donors (Lipinski definition) is 1. The van der Waals surface area contributed by atoms with Crippen LogP contribution in [0.2, 0.25) is 0 Å². The summed E-state index contributed by atoms with van der Waals surface area (Å²) >= 11 is 0. The Morgan fingerprint density at radius 3 is 1.96 bits per heavy atom. The van der Waals surface area contributed by atoms with Crippen LogP contribution in [0.25, 0.3) is 0 Å². The van der Waals surface area contributed by atoms with Crippen molar-refractivity contribution >= 4 is 11.6 Å². The molecule has 0 radical (unpaired) electrons. The van der Waals surface area contributed by atoms with Gasteiger partial charge in [-0.1, -0.05) is 24.3 Å². The van der Waals surface area contributed by atoms with E-state index in [1.807, 2.05) is 17.3 Å². The van der Waals surface area contributed by atoms with Gasteiger partial charge in [0.25, 0.3) is 11.6 Å². The van der Waals surface area contributed by atoms with E-state index in [-0.39, 0.29) is 11.3 Å². The van der Waals surface area contributed by atoms with Gasteiger partial charge in [0.05, 0.1) is 4.92 Å². The van der Waals surface area contributed by atoms with Crippen molar-refractivity contribution < 1.29 is 22.9 Å². The van der Waals surface area contributed by atoms with Crippen molar-refractivity contribution in [2.24, 2.45) is 0 Å². The fourth-order valence-electron chi connectivity index (χ4n) is 2.45. The molecule has 0 aromatic heterocycles. The highest BCUT2D eigenvalue weighted by Gasteiger charge is 2.27. The Bertz CT molecular complexity index is 790. The fraction of sp³-hybridized carbons (Fsp3) is 0.278. The van der Waals surface area contributed by atoms with Gasteiger partial charge in [0.2, 0.25) is 0 Å². The molecular weight excluding hydrogens is 363 g/mol. The normalized spacial score (nSPS) is 11.4. The van der Waals surface area contributed by atoms with E-state index in [1.165, 1.54) is 24.3 Å². The highest BCUT2D eigenvalue weighted by atomic mass is 19.4. The number of hydrogen-bond acceptors (Lipinski definition) is 4. The highest BCUT2D eigenvalue weighted by molar-refractivity contribution is 5.94. The average Bonchev–Trinajstić information content (AvgIpc) is 2.60. The van der Waals surface area contributed by atoms with Crippen molar-refractivity contribution in [2.75, 3.05) is 13.6 Å². The summed E-state index contributed by atoms with van der Waals surface area (Å²) in [4.78, 5) is 23.8. The third-order valence-electron chi connectivity index (χ3n) is 3.72. The molecule has 0 bridgehead atoms. The second-order valence-corrected chi connectivity index (χ2v) is 6.09. The van der Waals surface area contributed by atoms with Crippen LogP contribution in [0.15, 0.2) is 48.5 Å². The summed E-state index contributed by atoms with van der Waals surface area (Å²) in [5.74, 6) is -0.780. The first-order chi connectivity index (χ1) is 12.6. The van der Waals surface area contributed by atoms with Gasteiger partial charge in [-0.05, 0) is 30.3 Å². The molecule has 0 aliphatic heterocycles. The van der Waals surface area contributed by atoms with Crippen molar-refractivity contribution in [1.29, 1.82) is 0 Å². The van der Waals surface area contributed by atoms with Crippen molar-refractivity contribution in [3.05, 3.63) is 75.3 Å². The van der Waals surface area contributed by atoms with Gasteiger partial charge in [0.1, 0.15) is 6.54 Å². The standard InChI is InChI=1S/C18H18F3N3O3/c1-23(11-14-4-8-16(9-5-14)24(26)27)10-13-2-6-15(7-3-13)17(25)22-12-18(19,20)21/h2-9H,10-12H2,1H3,(H,22,25). The number of halogens is 3. The zero-order valence-corrected chi connectivity index (χ0v) is 14.5. The predicted molar refractivity (Wildman–Crippen MR) is 93.1 cm³/mol. The third-order valence-corrected chi connectivity index (χ3v) is 3.72. The maximum Gasteiger partial charge on any atom is 0.405 e. The van der Waals surface area contributed by atoms with E-state index in [0.29, 0.717) is 13.1 Å². The number of nitrogens with zero attached hydrogens (tertiary/aromatic N) is 2. The Labute approximate surface area is 153 Å². The molecule has 1 N–H and O–H groups in total. The molecule has 6 nitrogen and oxygen atoms in total. The Morgan fingerprint density at radius 2 is 1.52 bits per heavy atom. The van der Waals surface area contributed by atoms with Crippen LogP contribution in [0.3, 0.4) is 0 Å². The Balaban J connectivity index is 1.89. The van der Waals surface area contributed by atoms with E-state index >= 15 is 0 Å². The lowest BCUT2D eigenvalue weighted by molar-refractivity contribution is -0.384. The van der Waals surface area contributed by atoms with Crippen molar-refractivity contribution in [2.45, 2.75) is 19.3 Å². The van der Waals surface area contributed by atoms with Crippen molar-refractivity contribution in [1.82, 2.24) is 10.2 Å². The van der Waals surface area contributed by atoms with E-state index in [1.54, 1.807) is 24.3 Å². The molecule has 144 valence electrons. The number of carbonyl (C=O) groups excluding carboxylic acids is 1. The maximum absolute atomic E-state index is 12.1. The van der Waals surface area contributed by atoms with Gasteiger partial charge in [0.15, 0.2) is 0 Å². The molecular formula is C18H18F3N3O3. The minimum atomic E-state index is -4.45. The quantitative estimate of drug-likeness (QED) is 0.588. The lowest BCUT2D eigenvalue weighted by Gasteiger charge is -2.17. The van der Waals surface area contributed by atoms with Crippen LogP contribution in [0.4, 0.5) is 18.9 Å². The SMILES string of the molecule is CN(Cc1ccc(C(=O)NCC(F)(F)F)cc1)Cc1ccc([N+](=O)[O-])cc1. The van der Waals surface area contributed by atoms with Gasteiger partial charge in [0, 0.05) is 30.8 Å². The molecule has 27 heavy (non-hydrogen) atoms. The number of nitrogens with one attached hydrogen (secondary N) is 1. The summed E-state index contributed by atoms with van der Waals surface area (Å²) in [6.07, 6.45) is -4.45. The zero-order valence-electron chi connectivity index (χ0n) is 14.5. The van der Waals surface area contributed by atoms with E-state index < -0.39 is 23.6 Å². The number of benzene rings is 2. The first-order valence-corrected chi connectivity index (χ1v) is 8.00. The molecule has 0 spiro atoms. The van der Waals surface area contributed by atoms with Crippen LogP contribution in [-0.4, -0.2) is 35.5 Å². The number of non-ortho nitro benzene ring substituents is 1. The van der Waals surface area contributed by atoms with E-state index in [4.69, 9.17) is 0 Å². The molecule has 0 fully saturated rings. The Hall–Kier alpha value is -2.94. The number of rotatable bonds is 7. The lowest BCUT2D eigenvalue weighted by atomic mass is 10.1. The van der Waals surface area contributed by atoms with Crippen LogP contribution in [-0.2, 0) is 13.1 Å². The molecule has 2 aromatic carbocycles. The summed E-state index contributed by atoms with van der Waals surface area (Å²) in [5.41, 5.74) is 1.97. The molecule has 0 aliphatic carbocycles. The number of amides is 1. The first kappa shape index (κ1) is 20.4. The van der Waals surface area contributed by atoms with Gasteiger partial charge < -0.3 is 5.32 Å². The van der Waals surface area contributed by atoms with Crippen LogP contribution >= 0.6 is 0 Å². The molecule has 0 atom stereocenters. The zero-order chi connectivity index (χ0) is 20.0. The Morgan fingerprint density at radius 1 is 1.04 bits per heavy atom. The van der Waals surface area contributed by atoms with Crippen molar-refractivity contribution in [3.8, 4) is 0 Å². The molecule has 2 aromatic rings. The molecule has 0 saturated carbocycles. The van der Waals surface area contributed by atoms with E-state index in [2.05, 4.69) is 0 Å². The second-order valence-electron chi connectivity index (χ2n) is 6.09. The van der Waals surface area contributed by atoms with Crippen LogP contribution in [0.1, 0.15) is 21.5 Å². The molecule has 0 heterocycles. The number of carbonyl (C=O) groups is 1. The average molecular weight is 381 g/mol. The monoisotopic (exact) mass is 381 g/mol. The first-order valence-electron chi connectivity index (χ1n) is 8.00. The summed E-state index contributed by atoms with van der Waals surface area (Å²) in [5, 5.41) is 12.5. The Kier molecular flexibility index (Phi) is 6.51. The number of alkyl halides is 3. The molecule has 0 saturated heterocycles. The maximum atomic E-state index is 12.1. The van der Waals surface area contributed by atoms with Gasteiger partial charge in [-0.3, -0.25) is 19.8 Å². The minimum Gasteiger partial charge on any atom is -0.343 e.